The van der Waals surface area contributed by atoms with Gasteiger partial charge >= 0.3 is 0 Å². The molecule has 1 aromatic carbocycles. The predicted molar refractivity (Wildman–Crippen MR) is 86.2 cm³/mol. The van der Waals surface area contributed by atoms with Gasteiger partial charge in [0, 0.05) is 13.1 Å². The van der Waals surface area contributed by atoms with Crippen molar-refractivity contribution in [3.63, 3.8) is 0 Å². The van der Waals surface area contributed by atoms with Crippen LogP contribution in [0.15, 0.2) is 30.5 Å². The normalized spacial score (nSPS) is 10.4. The molecule has 2 rings (SSSR count). The number of rotatable bonds is 5. The molecule has 5 nitrogen and oxygen atoms in total. The molecular formula is C15H20ClFN4O. The van der Waals surface area contributed by atoms with Crippen molar-refractivity contribution in [3.05, 3.63) is 47.5 Å². The van der Waals surface area contributed by atoms with Crippen LogP contribution in [0.3, 0.4) is 0 Å². The second kappa shape index (κ2) is 7.91. The van der Waals surface area contributed by atoms with Crippen LogP contribution in [0.4, 0.5) is 4.39 Å². The topological polar surface area (TPSA) is 72.9 Å². The smallest absolute Gasteiger partial charge is 0.254 e. The average Bonchev–Trinajstić information content (AvgIpc) is 2.90. The molecule has 1 amide bonds. The molecule has 0 spiro atoms. The minimum Gasteiger partial charge on any atom is -0.351 e. The van der Waals surface area contributed by atoms with Gasteiger partial charge in [0.1, 0.15) is 5.82 Å². The average molecular weight is 327 g/mol. The summed E-state index contributed by atoms with van der Waals surface area (Å²) >= 11 is 0. The van der Waals surface area contributed by atoms with Crippen LogP contribution in [0.5, 0.6) is 0 Å². The monoisotopic (exact) mass is 326 g/mol. The van der Waals surface area contributed by atoms with E-state index in [4.69, 9.17) is 5.73 Å². The minimum absolute atomic E-state index is 0. The summed E-state index contributed by atoms with van der Waals surface area (Å²) in [4.78, 5) is 12.1. The van der Waals surface area contributed by atoms with Gasteiger partial charge in [-0.3, -0.25) is 4.79 Å². The Morgan fingerprint density at radius 1 is 1.36 bits per heavy atom. The molecule has 120 valence electrons. The van der Waals surface area contributed by atoms with E-state index in [-0.39, 0.29) is 30.0 Å². The van der Waals surface area contributed by atoms with E-state index in [1.807, 2.05) is 13.8 Å². The number of amides is 1. The molecule has 7 heteroatoms. The van der Waals surface area contributed by atoms with Gasteiger partial charge in [-0.05, 0) is 30.2 Å². The number of hydrogen-bond donors (Lipinski definition) is 2. The SMILES string of the molecule is CC(C)c1c(C(=O)NCCN)cnn1-c1ccc(F)cc1.Cl. The van der Waals surface area contributed by atoms with Gasteiger partial charge in [-0.15, -0.1) is 12.4 Å². The van der Waals surface area contributed by atoms with Crippen molar-refractivity contribution in [2.75, 3.05) is 13.1 Å². The lowest BCUT2D eigenvalue weighted by Gasteiger charge is -2.12. The summed E-state index contributed by atoms with van der Waals surface area (Å²) in [5.41, 5.74) is 7.42. The fraction of sp³-hybridized carbons (Fsp3) is 0.333. The van der Waals surface area contributed by atoms with Crippen molar-refractivity contribution >= 4 is 18.3 Å². The molecule has 0 unspecified atom stereocenters. The number of nitrogens with two attached hydrogens (primary N) is 1. The van der Waals surface area contributed by atoms with Gasteiger partial charge in [0.2, 0.25) is 0 Å². The Balaban J connectivity index is 0.00000242. The zero-order chi connectivity index (χ0) is 15.4. The molecule has 1 aromatic heterocycles. The quantitative estimate of drug-likeness (QED) is 0.885. The number of aromatic nitrogens is 2. The third kappa shape index (κ3) is 3.84. The van der Waals surface area contributed by atoms with E-state index in [2.05, 4.69) is 10.4 Å². The van der Waals surface area contributed by atoms with Crippen LogP contribution in [0.2, 0.25) is 0 Å². The third-order valence-corrected chi connectivity index (χ3v) is 3.10. The zero-order valence-corrected chi connectivity index (χ0v) is 13.4. The first-order valence-corrected chi connectivity index (χ1v) is 6.86. The summed E-state index contributed by atoms with van der Waals surface area (Å²) in [6.45, 7) is 4.76. The first-order valence-electron chi connectivity index (χ1n) is 6.86. The molecule has 0 atom stereocenters. The van der Waals surface area contributed by atoms with E-state index in [0.717, 1.165) is 11.4 Å². The molecule has 22 heavy (non-hydrogen) atoms. The van der Waals surface area contributed by atoms with Gasteiger partial charge in [0.05, 0.1) is 23.1 Å². The maximum atomic E-state index is 13.0. The van der Waals surface area contributed by atoms with E-state index in [1.165, 1.54) is 18.3 Å². The second-order valence-electron chi connectivity index (χ2n) is 5.03. The summed E-state index contributed by atoms with van der Waals surface area (Å²) in [5.74, 6) is -0.411. The Hall–Kier alpha value is -1.92. The Labute approximate surface area is 135 Å². The summed E-state index contributed by atoms with van der Waals surface area (Å²) in [6, 6.07) is 6.01. The molecule has 0 saturated carbocycles. The van der Waals surface area contributed by atoms with Crippen LogP contribution in [0.25, 0.3) is 5.69 Å². The first kappa shape index (κ1) is 18.1. The minimum atomic E-state index is -0.307. The van der Waals surface area contributed by atoms with Crippen molar-refractivity contribution in [1.29, 1.82) is 0 Å². The molecule has 0 radical (unpaired) electrons. The molecule has 0 fully saturated rings. The van der Waals surface area contributed by atoms with E-state index in [1.54, 1.807) is 16.8 Å². The lowest BCUT2D eigenvalue weighted by Crippen LogP contribution is -2.29. The lowest BCUT2D eigenvalue weighted by atomic mass is 10.1. The molecule has 0 aliphatic rings. The standard InChI is InChI=1S/C15H19FN4O.ClH/c1-10(2)14-13(15(21)18-8-7-17)9-19-20(14)12-5-3-11(16)4-6-12;/h3-6,9-10H,7-8,17H2,1-2H3,(H,18,21);1H. The first-order chi connectivity index (χ1) is 10.0. The van der Waals surface area contributed by atoms with Crippen LogP contribution in [-0.4, -0.2) is 28.8 Å². The van der Waals surface area contributed by atoms with Crippen molar-refractivity contribution in [3.8, 4) is 5.69 Å². The summed E-state index contributed by atoms with van der Waals surface area (Å²) in [6.07, 6.45) is 1.53. The molecule has 0 aliphatic heterocycles. The van der Waals surface area contributed by atoms with Gasteiger partial charge < -0.3 is 11.1 Å². The maximum absolute atomic E-state index is 13.0. The largest absolute Gasteiger partial charge is 0.351 e. The zero-order valence-electron chi connectivity index (χ0n) is 12.5. The predicted octanol–water partition coefficient (Wildman–Crippen LogP) is 2.25. The summed E-state index contributed by atoms with van der Waals surface area (Å²) in [7, 11) is 0. The van der Waals surface area contributed by atoms with Crippen molar-refractivity contribution in [2.45, 2.75) is 19.8 Å². The fourth-order valence-corrected chi connectivity index (χ4v) is 2.16. The highest BCUT2D eigenvalue weighted by Gasteiger charge is 2.20. The number of benzene rings is 1. The molecular weight excluding hydrogens is 307 g/mol. The summed E-state index contributed by atoms with van der Waals surface area (Å²) in [5, 5.41) is 7.01. The Morgan fingerprint density at radius 3 is 2.55 bits per heavy atom. The number of halogens is 2. The molecule has 2 aromatic rings. The van der Waals surface area contributed by atoms with Crippen LogP contribution >= 0.6 is 12.4 Å². The van der Waals surface area contributed by atoms with Crippen molar-refractivity contribution in [1.82, 2.24) is 15.1 Å². The Bertz CT molecular complexity index is 625. The molecule has 1 heterocycles. The van der Waals surface area contributed by atoms with Gasteiger partial charge in [-0.1, -0.05) is 13.8 Å². The van der Waals surface area contributed by atoms with Gasteiger partial charge in [0.15, 0.2) is 0 Å². The van der Waals surface area contributed by atoms with Crippen LogP contribution in [0.1, 0.15) is 35.8 Å². The lowest BCUT2D eigenvalue weighted by molar-refractivity contribution is 0.0953. The van der Waals surface area contributed by atoms with Crippen LogP contribution in [-0.2, 0) is 0 Å². The number of hydrogen-bond acceptors (Lipinski definition) is 3. The number of carbonyl (C=O) groups is 1. The number of nitrogens with zero attached hydrogens (tertiary/aromatic N) is 2. The second-order valence-corrected chi connectivity index (χ2v) is 5.03. The van der Waals surface area contributed by atoms with E-state index in [0.29, 0.717) is 18.7 Å². The van der Waals surface area contributed by atoms with E-state index >= 15 is 0 Å². The fourth-order valence-electron chi connectivity index (χ4n) is 2.16. The highest BCUT2D eigenvalue weighted by molar-refractivity contribution is 5.95. The van der Waals surface area contributed by atoms with Crippen LogP contribution < -0.4 is 11.1 Å². The van der Waals surface area contributed by atoms with Gasteiger partial charge in [-0.25, -0.2) is 9.07 Å². The van der Waals surface area contributed by atoms with Gasteiger partial charge in [-0.2, -0.15) is 5.10 Å². The van der Waals surface area contributed by atoms with Crippen LogP contribution in [0, 0.1) is 5.82 Å². The van der Waals surface area contributed by atoms with E-state index < -0.39 is 0 Å². The number of carbonyl (C=O) groups excluding carboxylic acids is 1. The molecule has 0 saturated heterocycles. The highest BCUT2D eigenvalue weighted by atomic mass is 35.5. The third-order valence-electron chi connectivity index (χ3n) is 3.10. The summed E-state index contributed by atoms with van der Waals surface area (Å²) < 4.78 is 14.7. The van der Waals surface area contributed by atoms with Gasteiger partial charge in [0.25, 0.3) is 5.91 Å². The number of nitrogens with one attached hydrogen (secondary N) is 1. The Morgan fingerprint density at radius 2 is 2.00 bits per heavy atom. The van der Waals surface area contributed by atoms with Crippen molar-refractivity contribution in [2.24, 2.45) is 5.73 Å². The Kier molecular flexibility index (Phi) is 6.52. The molecule has 3 N–H and O–H groups in total. The van der Waals surface area contributed by atoms with Crippen molar-refractivity contribution < 1.29 is 9.18 Å². The van der Waals surface area contributed by atoms with E-state index in [9.17, 15) is 9.18 Å². The maximum Gasteiger partial charge on any atom is 0.254 e. The molecule has 0 aliphatic carbocycles. The molecule has 0 bridgehead atoms. The highest BCUT2D eigenvalue weighted by Crippen LogP contribution is 2.23.